The van der Waals surface area contributed by atoms with Crippen LogP contribution in [0.25, 0.3) is 0 Å². The summed E-state index contributed by atoms with van der Waals surface area (Å²) in [4.78, 5) is 0. The Morgan fingerprint density at radius 1 is 0.905 bits per heavy atom. The minimum atomic E-state index is -1.01. The van der Waals surface area contributed by atoms with Crippen molar-refractivity contribution in [1.82, 2.24) is 0 Å². The normalized spacial score (nSPS) is 14.8. The predicted octanol–water partition coefficient (Wildman–Crippen LogP) is 4.57. The quantitative estimate of drug-likeness (QED) is 0.876. The molecule has 0 bridgehead atoms. The third kappa shape index (κ3) is 3.92. The lowest BCUT2D eigenvalue weighted by Gasteiger charge is -2.26. The van der Waals surface area contributed by atoms with Crippen LogP contribution in [0.2, 0.25) is 0 Å². The average molecular weight is 286 g/mol. The van der Waals surface area contributed by atoms with Crippen LogP contribution in [0, 0.1) is 5.82 Å². The van der Waals surface area contributed by atoms with Gasteiger partial charge in [-0.15, -0.1) is 0 Å². The first-order chi connectivity index (χ1) is 9.68. The van der Waals surface area contributed by atoms with Crippen molar-refractivity contribution < 1.29 is 9.50 Å². The van der Waals surface area contributed by atoms with Gasteiger partial charge in [0.1, 0.15) is 5.82 Å². The van der Waals surface area contributed by atoms with Gasteiger partial charge in [-0.25, -0.2) is 4.39 Å². The van der Waals surface area contributed by atoms with Crippen LogP contribution in [0.1, 0.15) is 44.4 Å². The van der Waals surface area contributed by atoms with Crippen LogP contribution in [0.4, 0.5) is 4.39 Å². The molecule has 0 fully saturated rings. The number of aliphatic hydroxyl groups is 1. The third-order valence-corrected chi connectivity index (χ3v) is 3.81. The first kappa shape index (κ1) is 15.7. The summed E-state index contributed by atoms with van der Waals surface area (Å²) in [6.45, 7) is 8.25. The van der Waals surface area contributed by atoms with Crippen LogP contribution in [0.5, 0.6) is 0 Å². The van der Waals surface area contributed by atoms with Crippen molar-refractivity contribution in [3.8, 4) is 0 Å². The van der Waals surface area contributed by atoms with E-state index in [-0.39, 0.29) is 11.2 Å². The summed E-state index contributed by atoms with van der Waals surface area (Å²) in [5.74, 6) is -0.272. The predicted molar refractivity (Wildman–Crippen MR) is 84.8 cm³/mol. The summed E-state index contributed by atoms with van der Waals surface area (Å²) in [5, 5.41) is 10.7. The first-order valence-electron chi connectivity index (χ1n) is 7.26. The molecule has 1 nitrogen and oxygen atoms in total. The molecule has 112 valence electrons. The largest absolute Gasteiger partial charge is 0.385 e. The fourth-order valence-corrected chi connectivity index (χ4v) is 2.48. The highest BCUT2D eigenvalue weighted by Gasteiger charge is 2.24. The summed E-state index contributed by atoms with van der Waals surface area (Å²) < 4.78 is 13.2. The van der Waals surface area contributed by atoms with E-state index in [4.69, 9.17) is 0 Å². The zero-order valence-corrected chi connectivity index (χ0v) is 13.2. The fraction of sp³-hybridized carbons (Fsp3) is 0.368. The Kier molecular flexibility index (Phi) is 4.20. The van der Waals surface area contributed by atoms with Crippen LogP contribution in [-0.2, 0) is 17.4 Å². The van der Waals surface area contributed by atoms with Gasteiger partial charge in [-0.1, -0.05) is 57.2 Å². The maximum atomic E-state index is 13.2. The molecular formula is C19H23FO. The second-order valence-corrected chi connectivity index (χ2v) is 6.91. The molecule has 1 atom stereocenters. The van der Waals surface area contributed by atoms with Crippen molar-refractivity contribution in [1.29, 1.82) is 0 Å². The third-order valence-electron chi connectivity index (χ3n) is 3.81. The zero-order chi connectivity index (χ0) is 15.7. The molecule has 2 aromatic carbocycles. The van der Waals surface area contributed by atoms with Crippen molar-refractivity contribution in [2.24, 2.45) is 0 Å². The highest BCUT2D eigenvalue weighted by Crippen LogP contribution is 2.28. The van der Waals surface area contributed by atoms with Gasteiger partial charge in [-0.05, 0) is 41.2 Å². The van der Waals surface area contributed by atoms with Crippen molar-refractivity contribution in [3.63, 3.8) is 0 Å². The second-order valence-electron chi connectivity index (χ2n) is 6.91. The Morgan fingerprint density at radius 3 is 2.00 bits per heavy atom. The Balaban J connectivity index is 2.23. The summed E-state index contributed by atoms with van der Waals surface area (Å²) in [6.07, 6.45) is 0.389. The van der Waals surface area contributed by atoms with Gasteiger partial charge in [0.15, 0.2) is 0 Å². The molecule has 0 radical (unpaired) electrons. The summed E-state index contributed by atoms with van der Waals surface area (Å²) in [6, 6.07) is 14.4. The lowest BCUT2D eigenvalue weighted by molar-refractivity contribution is 0.0575. The Labute approximate surface area is 126 Å². The van der Waals surface area contributed by atoms with E-state index >= 15 is 0 Å². The SMILES string of the molecule is CC(C)(C)c1ccc(C(C)(O)Cc2cccc(F)c2)cc1. The molecule has 0 saturated heterocycles. The molecule has 0 spiro atoms. The lowest BCUT2D eigenvalue weighted by atomic mass is 9.83. The number of hydrogen-bond donors (Lipinski definition) is 1. The molecule has 0 saturated carbocycles. The van der Waals surface area contributed by atoms with Gasteiger partial charge in [-0.3, -0.25) is 0 Å². The minimum absolute atomic E-state index is 0.0902. The van der Waals surface area contributed by atoms with Crippen molar-refractivity contribution >= 4 is 0 Å². The maximum Gasteiger partial charge on any atom is 0.123 e. The Bertz CT molecular complexity index is 606. The van der Waals surface area contributed by atoms with Crippen molar-refractivity contribution in [3.05, 3.63) is 71.0 Å². The summed E-state index contributed by atoms with van der Waals surface area (Å²) in [7, 11) is 0. The van der Waals surface area contributed by atoms with Gasteiger partial charge in [-0.2, -0.15) is 0 Å². The number of halogens is 1. The molecule has 0 heterocycles. The molecule has 0 aliphatic carbocycles. The second kappa shape index (κ2) is 5.61. The molecule has 2 heteroatoms. The van der Waals surface area contributed by atoms with Crippen molar-refractivity contribution in [2.75, 3.05) is 0 Å². The number of hydrogen-bond acceptors (Lipinski definition) is 1. The molecule has 0 aromatic heterocycles. The van der Waals surface area contributed by atoms with Crippen molar-refractivity contribution in [2.45, 2.75) is 45.1 Å². The summed E-state index contributed by atoms with van der Waals surface area (Å²) in [5.41, 5.74) is 1.95. The Hall–Kier alpha value is -1.67. The van der Waals surface area contributed by atoms with Gasteiger partial charge < -0.3 is 5.11 Å². The number of rotatable bonds is 3. The zero-order valence-electron chi connectivity index (χ0n) is 13.2. The molecule has 0 aliphatic rings. The molecule has 21 heavy (non-hydrogen) atoms. The van der Waals surface area contributed by atoms with E-state index in [1.807, 2.05) is 18.2 Å². The molecular weight excluding hydrogens is 263 g/mol. The van der Waals surface area contributed by atoms with Gasteiger partial charge in [0.25, 0.3) is 0 Å². The van der Waals surface area contributed by atoms with Crippen LogP contribution in [0.3, 0.4) is 0 Å². The number of benzene rings is 2. The van der Waals surface area contributed by atoms with Gasteiger partial charge in [0.2, 0.25) is 0 Å². The minimum Gasteiger partial charge on any atom is -0.385 e. The molecule has 0 aliphatic heterocycles. The monoisotopic (exact) mass is 286 g/mol. The van der Waals surface area contributed by atoms with E-state index in [1.165, 1.54) is 17.7 Å². The molecule has 1 unspecified atom stereocenters. The van der Waals surface area contributed by atoms with Gasteiger partial charge >= 0.3 is 0 Å². The smallest absolute Gasteiger partial charge is 0.123 e. The first-order valence-corrected chi connectivity index (χ1v) is 7.26. The van der Waals surface area contributed by atoms with E-state index in [2.05, 4.69) is 32.9 Å². The summed E-state index contributed by atoms with van der Waals surface area (Å²) >= 11 is 0. The van der Waals surface area contributed by atoms with E-state index < -0.39 is 5.60 Å². The lowest BCUT2D eigenvalue weighted by Crippen LogP contribution is -2.24. The average Bonchev–Trinajstić information content (AvgIpc) is 2.37. The van der Waals surface area contributed by atoms with Crippen LogP contribution < -0.4 is 0 Å². The maximum absolute atomic E-state index is 13.2. The van der Waals surface area contributed by atoms with E-state index in [1.54, 1.807) is 13.0 Å². The van der Waals surface area contributed by atoms with E-state index in [0.717, 1.165) is 11.1 Å². The fourth-order valence-electron chi connectivity index (χ4n) is 2.48. The van der Waals surface area contributed by atoms with Crippen LogP contribution in [0.15, 0.2) is 48.5 Å². The molecule has 1 N–H and O–H groups in total. The molecule has 2 aromatic rings. The molecule has 0 amide bonds. The Morgan fingerprint density at radius 2 is 1.48 bits per heavy atom. The molecule has 2 rings (SSSR count). The van der Waals surface area contributed by atoms with Crippen LogP contribution in [-0.4, -0.2) is 5.11 Å². The van der Waals surface area contributed by atoms with E-state index in [0.29, 0.717) is 6.42 Å². The topological polar surface area (TPSA) is 20.2 Å². The standard InChI is InChI=1S/C19H23FO/c1-18(2,3)15-8-10-16(11-9-15)19(4,21)13-14-6-5-7-17(20)12-14/h5-12,21H,13H2,1-4H3. The highest BCUT2D eigenvalue weighted by molar-refractivity contribution is 5.32. The van der Waals surface area contributed by atoms with Gasteiger partial charge in [0, 0.05) is 6.42 Å². The van der Waals surface area contributed by atoms with Crippen LogP contribution >= 0.6 is 0 Å². The van der Waals surface area contributed by atoms with Gasteiger partial charge in [0.05, 0.1) is 5.60 Å². The van der Waals surface area contributed by atoms with E-state index in [9.17, 15) is 9.50 Å². The highest BCUT2D eigenvalue weighted by atomic mass is 19.1.